The molecule has 164 valence electrons. The molecule has 30 heavy (non-hydrogen) atoms. The first-order valence-corrected chi connectivity index (χ1v) is 10.5. The lowest BCUT2D eigenvalue weighted by atomic mass is 10.1. The number of carbonyl (C=O) groups is 1. The average molecular weight is 418 g/mol. The van der Waals surface area contributed by atoms with E-state index in [1.807, 2.05) is 25.2 Å². The zero-order valence-electron chi connectivity index (χ0n) is 18.1. The average Bonchev–Trinajstić information content (AvgIpc) is 3.23. The Morgan fingerprint density at radius 3 is 2.77 bits per heavy atom. The molecular weight excluding hydrogens is 386 g/mol. The van der Waals surface area contributed by atoms with Crippen molar-refractivity contribution in [2.24, 2.45) is 0 Å². The maximum Gasteiger partial charge on any atom is 0.222 e. The van der Waals surface area contributed by atoms with Gasteiger partial charge < -0.3 is 23.5 Å². The zero-order valence-corrected chi connectivity index (χ0v) is 18.1. The van der Waals surface area contributed by atoms with Gasteiger partial charge in [-0.05, 0) is 43.9 Å². The number of carbonyl (C=O) groups excluding carboxylic acids is 1. The fourth-order valence-electron chi connectivity index (χ4n) is 3.55. The quantitative estimate of drug-likeness (QED) is 0.587. The van der Waals surface area contributed by atoms with E-state index in [4.69, 9.17) is 18.6 Å². The summed E-state index contributed by atoms with van der Waals surface area (Å²) >= 11 is 0. The van der Waals surface area contributed by atoms with Gasteiger partial charge in [-0.15, -0.1) is 10.2 Å². The lowest BCUT2D eigenvalue weighted by molar-refractivity contribution is -0.130. The van der Waals surface area contributed by atoms with Crippen molar-refractivity contribution < 1.29 is 23.4 Å². The second-order valence-corrected chi connectivity index (χ2v) is 7.54. The highest BCUT2D eigenvalue weighted by molar-refractivity contribution is 5.75. The van der Waals surface area contributed by atoms with Crippen molar-refractivity contribution in [3.8, 4) is 11.5 Å². The fraction of sp³-hybridized carbons (Fsp3) is 0.591. The van der Waals surface area contributed by atoms with Crippen molar-refractivity contribution >= 4 is 5.91 Å². The van der Waals surface area contributed by atoms with Gasteiger partial charge >= 0.3 is 0 Å². The Hall–Kier alpha value is -2.61. The summed E-state index contributed by atoms with van der Waals surface area (Å²) in [7, 11) is 5.07. The van der Waals surface area contributed by atoms with E-state index in [-0.39, 0.29) is 12.0 Å². The number of methoxy groups -OCH3 is 2. The molecule has 0 aliphatic carbocycles. The number of ether oxygens (including phenoxy) is 3. The minimum absolute atomic E-state index is 0.0695. The summed E-state index contributed by atoms with van der Waals surface area (Å²) in [6.45, 7) is 1.54. The number of aryl methyl sites for hydroxylation is 1. The monoisotopic (exact) mass is 417 g/mol. The van der Waals surface area contributed by atoms with E-state index >= 15 is 0 Å². The van der Waals surface area contributed by atoms with Crippen LogP contribution in [0, 0.1) is 0 Å². The molecule has 1 aliphatic heterocycles. The Kier molecular flexibility index (Phi) is 8.07. The van der Waals surface area contributed by atoms with Crippen LogP contribution in [0.15, 0.2) is 22.6 Å². The number of aromatic nitrogens is 2. The van der Waals surface area contributed by atoms with Gasteiger partial charge in [-0.3, -0.25) is 4.79 Å². The summed E-state index contributed by atoms with van der Waals surface area (Å²) in [5.41, 5.74) is 0.896. The van der Waals surface area contributed by atoms with Crippen LogP contribution in [-0.2, 0) is 22.4 Å². The van der Waals surface area contributed by atoms with Crippen molar-refractivity contribution in [3.63, 3.8) is 0 Å². The predicted molar refractivity (Wildman–Crippen MR) is 111 cm³/mol. The minimum Gasteiger partial charge on any atom is -0.497 e. The van der Waals surface area contributed by atoms with Crippen molar-refractivity contribution in [2.45, 2.75) is 51.0 Å². The van der Waals surface area contributed by atoms with Gasteiger partial charge in [0.05, 0.1) is 26.7 Å². The van der Waals surface area contributed by atoms with E-state index in [1.165, 1.54) is 6.42 Å². The van der Waals surface area contributed by atoms with Gasteiger partial charge in [-0.1, -0.05) is 0 Å². The van der Waals surface area contributed by atoms with E-state index in [1.54, 1.807) is 19.1 Å². The molecule has 8 nitrogen and oxygen atoms in total. The van der Waals surface area contributed by atoms with Gasteiger partial charge in [-0.2, -0.15) is 0 Å². The van der Waals surface area contributed by atoms with E-state index in [0.717, 1.165) is 42.9 Å². The molecule has 1 saturated heterocycles. The number of amides is 1. The molecular formula is C22H31N3O5. The molecule has 1 aromatic carbocycles. The van der Waals surface area contributed by atoms with Crippen molar-refractivity contribution in [2.75, 3.05) is 34.4 Å². The molecule has 0 N–H and O–H groups in total. The third-order valence-electron chi connectivity index (χ3n) is 5.38. The second-order valence-electron chi connectivity index (χ2n) is 7.54. The zero-order chi connectivity index (χ0) is 21.3. The van der Waals surface area contributed by atoms with Crippen LogP contribution < -0.4 is 9.47 Å². The molecule has 0 bridgehead atoms. The van der Waals surface area contributed by atoms with E-state index < -0.39 is 0 Å². The molecule has 1 aromatic heterocycles. The van der Waals surface area contributed by atoms with Gasteiger partial charge in [0, 0.05) is 38.6 Å². The molecule has 1 atom stereocenters. The Labute approximate surface area is 177 Å². The summed E-state index contributed by atoms with van der Waals surface area (Å²) in [5, 5.41) is 8.19. The maximum atomic E-state index is 12.4. The Bertz CT molecular complexity index is 817. The molecule has 2 heterocycles. The number of hydrogen-bond donors (Lipinski definition) is 0. The number of rotatable bonds is 10. The molecule has 0 unspecified atom stereocenters. The molecule has 0 spiro atoms. The summed E-state index contributed by atoms with van der Waals surface area (Å²) in [5.74, 6) is 2.48. The Balaban J connectivity index is 1.47. The van der Waals surface area contributed by atoms with Crippen molar-refractivity contribution in [3.05, 3.63) is 35.5 Å². The van der Waals surface area contributed by atoms with E-state index in [9.17, 15) is 4.79 Å². The summed E-state index contributed by atoms with van der Waals surface area (Å²) in [6, 6.07) is 5.57. The van der Waals surface area contributed by atoms with Crippen LogP contribution in [0.2, 0.25) is 0 Å². The van der Waals surface area contributed by atoms with Crippen LogP contribution in [0.4, 0.5) is 0 Å². The largest absolute Gasteiger partial charge is 0.497 e. The van der Waals surface area contributed by atoms with Crippen LogP contribution in [0.3, 0.4) is 0 Å². The normalized spacial score (nSPS) is 16.3. The molecule has 2 aromatic rings. The Morgan fingerprint density at radius 1 is 1.20 bits per heavy atom. The second kappa shape index (κ2) is 11.0. The lowest BCUT2D eigenvalue weighted by Gasteiger charge is -2.25. The molecule has 0 radical (unpaired) electrons. The molecule has 8 heteroatoms. The highest BCUT2D eigenvalue weighted by Crippen LogP contribution is 2.26. The van der Waals surface area contributed by atoms with Crippen LogP contribution in [0.25, 0.3) is 0 Å². The lowest BCUT2D eigenvalue weighted by Crippen LogP contribution is -2.31. The molecule has 0 saturated carbocycles. The first-order valence-electron chi connectivity index (χ1n) is 10.5. The van der Waals surface area contributed by atoms with Crippen LogP contribution in [0.5, 0.6) is 11.5 Å². The van der Waals surface area contributed by atoms with Crippen LogP contribution in [0.1, 0.15) is 49.4 Å². The van der Waals surface area contributed by atoms with Gasteiger partial charge in [-0.25, -0.2) is 0 Å². The molecule has 1 aliphatic rings. The number of benzene rings is 1. The first kappa shape index (κ1) is 22.1. The first-order chi connectivity index (χ1) is 14.6. The van der Waals surface area contributed by atoms with Gasteiger partial charge in [0.15, 0.2) is 0 Å². The van der Waals surface area contributed by atoms with Crippen LogP contribution >= 0.6 is 0 Å². The SMILES string of the molecule is COc1ccc(OC)c(Cc2nnc(CCC(=O)N(C)CC[C@H]3CCCCO3)o2)c1. The van der Waals surface area contributed by atoms with Crippen molar-refractivity contribution in [1.29, 1.82) is 0 Å². The van der Waals surface area contributed by atoms with Gasteiger partial charge in [0.1, 0.15) is 11.5 Å². The number of hydrogen-bond acceptors (Lipinski definition) is 7. The van der Waals surface area contributed by atoms with Crippen LogP contribution in [-0.4, -0.2) is 61.5 Å². The van der Waals surface area contributed by atoms with Crippen molar-refractivity contribution in [1.82, 2.24) is 15.1 Å². The van der Waals surface area contributed by atoms with E-state index in [2.05, 4.69) is 10.2 Å². The third-order valence-corrected chi connectivity index (χ3v) is 5.38. The standard InChI is InChI=1S/C22H31N3O5/c1-25(12-11-17-6-4-5-13-29-17)22(26)10-9-20-23-24-21(30-20)15-16-14-18(27-2)7-8-19(16)28-3/h7-8,14,17H,4-6,9-13,15H2,1-3H3/t17-/m1/s1. The smallest absolute Gasteiger partial charge is 0.222 e. The molecule has 3 rings (SSSR count). The summed E-state index contributed by atoms with van der Waals surface area (Å²) < 4.78 is 22.1. The summed E-state index contributed by atoms with van der Waals surface area (Å²) in [4.78, 5) is 14.2. The molecule has 1 fully saturated rings. The highest BCUT2D eigenvalue weighted by Gasteiger charge is 2.17. The third kappa shape index (κ3) is 6.19. The molecule has 1 amide bonds. The topological polar surface area (TPSA) is 86.9 Å². The van der Waals surface area contributed by atoms with Gasteiger partial charge in [0.2, 0.25) is 17.7 Å². The predicted octanol–water partition coefficient (Wildman–Crippen LogP) is 3.03. The van der Waals surface area contributed by atoms with E-state index in [0.29, 0.717) is 37.6 Å². The highest BCUT2D eigenvalue weighted by atomic mass is 16.5. The Morgan fingerprint density at radius 2 is 2.03 bits per heavy atom. The number of nitrogens with zero attached hydrogens (tertiary/aromatic N) is 3. The maximum absolute atomic E-state index is 12.4. The fourth-order valence-corrected chi connectivity index (χ4v) is 3.55. The minimum atomic E-state index is 0.0695. The summed E-state index contributed by atoms with van der Waals surface area (Å²) in [6.07, 6.45) is 5.80. The van der Waals surface area contributed by atoms with Gasteiger partial charge in [0.25, 0.3) is 0 Å².